The fourth-order valence-corrected chi connectivity index (χ4v) is 4.96. The van der Waals surface area contributed by atoms with E-state index in [2.05, 4.69) is 9.62 Å². The normalized spacial score (nSPS) is 24.3. The molecule has 1 aliphatic carbocycles. The van der Waals surface area contributed by atoms with Crippen molar-refractivity contribution in [1.29, 1.82) is 0 Å². The van der Waals surface area contributed by atoms with Gasteiger partial charge in [-0.2, -0.15) is 0 Å². The molecule has 3 aliphatic rings. The average Bonchev–Trinajstić information content (AvgIpc) is 3.33. The standard InChI is InChI=1S/C19H27N3O4S/c23-19(22-11-9-21(10-12-22)14-17-2-1-13-26-17)15-3-7-18(8-4-15)27(24,25)20-16-5-6-16/h3-4,7-8,16-17,20H,1-2,5-6,9-14H2. The maximum absolute atomic E-state index is 12.7. The third-order valence-corrected chi connectivity index (χ3v) is 6.99. The van der Waals surface area contributed by atoms with Gasteiger partial charge in [0, 0.05) is 50.9 Å². The highest BCUT2D eigenvalue weighted by Crippen LogP contribution is 2.22. The molecular formula is C19H27N3O4S. The number of carbonyl (C=O) groups excluding carboxylic acids is 1. The van der Waals surface area contributed by atoms with E-state index in [4.69, 9.17) is 4.74 Å². The van der Waals surface area contributed by atoms with Gasteiger partial charge < -0.3 is 9.64 Å². The number of piperazine rings is 1. The second-order valence-corrected chi connectivity index (χ2v) is 9.36. The lowest BCUT2D eigenvalue weighted by Gasteiger charge is -2.35. The molecule has 27 heavy (non-hydrogen) atoms. The van der Waals surface area contributed by atoms with Crippen LogP contribution in [0.1, 0.15) is 36.0 Å². The zero-order valence-electron chi connectivity index (χ0n) is 15.5. The molecule has 0 radical (unpaired) electrons. The van der Waals surface area contributed by atoms with Crippen LogP contribution in [0.15, 0.2) is 29.2 Å². The van der Waals surface area contributed by atoms with Crippen LogP contribution in [0.5, 0.6) is 0 Å². The molecule has 148 valence electrons. The van der Waals surface area contributed by atoms with Crippen LogP contribution in [0.4, 0.5) is 0 Å². The van der Waals surface area contributed by atoms with Crippen molar-refractivity contribution in [3.8, 4) is 0 Å². The SMILES string of the molecule is O=C(c1ccc(S(=O)(=O)NC2CC2)cc1)N1CCN(CC2CCCO2)CC1. The van der Waals surface area contributed by atoms with Crippen molar-refractivity contribution in [1.82, 2.24) is 14.5 Å². The Balaban J connectivity index is 1.31. The van der Waals surface area contributed by atoms with Crippen LogP contribution in [0.2, 0.25) is 0 Å². The maximum Gasteiger partial charge on any atom is 0.253 e. The minimum Gasteiger partial charge on any atom is -0.377 e. The van der Waals surface area contributed by atoms with E-state index >= 15 is 0 Å². The molecule has 0 bridgehead atoms. The van der Waals surface area contributed by atoms with Crippen molar-refractivity contribution < 1.29 is 17.9 Å². The van der Waals surface area contributed by atoms with Crippen LogP contribution in [-0.4, -0.2) is 75.6 Å². The molecule has 0 aromatic heterocycles. The molecule has 4 rings (SSSR count). The molecule has 1 amide bonds. The Kier molecular flexibility index (Phi) is 5.50. The summed E-state index contributed by atoms with van der Waals surface area (Å²) in [5, 5.41) is 0. The monoisotopic (exact) mass is 393 g/mol. The molecule has 1 N–H and O–H groups in total. The molecule has 1 aromatic carbocycles. The largest absolute Gasteiger partial charge is 0.377 e. The van der Waals surface area contributed by atoms with Gasteiger partial charge in [-0.05, 0) is 49.9 Å². The highest BCUT2D eigenvalue weighted by atomic mass is 32.2. The molecule has 3 fully saturated rings. The van der Waals surface area contributed by atoms with Crippen LogP contribution in [0.3, 0.4) is 0 Å². The van der Waals surface area contributed by atoms with E-state index in [1.54, 1.807) is 12.1 Å². The first-order chi connectivity index (χ1) is 13.0. The van der Waals surface area contributed by atoms with Gasteiger partial charge in [0.05, 0.1) is 11.0 Å². The fourth-order valence-electron chi connectivity index (χ4n) is 3.66. The maximum atomic E-state index is 12.7. The molecule has 1 saturated carbocycles. The van der Waals surface area contributed by atoms with Gasteiger partial charge in [0.2, 0.25) is 10.0 Å². The van der Waals surface area contributed by atoms with Gasteiger partial charge in [0.15, 0.2) is 0 Å². The van der Waals surface area contributed by atoms with Gasteiger partial charge in [0.1, 0.15) is 0 Å². The number of sulfonamides is 1. The van der Waals surface area contributed by atoms with Gasteiger partial charge in [-0.1, -0.05) is 0 Å². The Hall–Kier alpha value is -1.48. The topological polar surface area (TPSA) is 79.0 Å². The number of nitrogens with one attached hydrogen (secondary N) is 1. The summed E-state index contributed by atoms with van der Waals surface area (Å²) in [6.07, 6.45) is 4.41. The van der Waals surface area contributed by atoms with E-state index in [9.17, 15) is 13.2 Å². The van der Waals surface area contributed by atoms with Crippen molar-refractivity contribution in [3.63, 3.8) is 0 Å². The summed E-state index contributed by atoms with van der Waals surface area (Å²) in [6, 6.07) is 6.34. The quantitative estimate of drug-likeness (QED) is 0.782. The van der Waals surface area contributed by atoms with Crippen molar-refractivity contribution >= 4 is 15.9 Å². The predicted octanol–water partition coefficient (Wildman–Crippen LogP) is 1.06. The zero-order valence-corrected chi connectivity index (χ0v) is 16.3. The first-order valence-electron chi connectivity index (χ1n) is 9.77. The van der Waals surface area contributed by atoms with Crippen LogP contribution in [0.25, 0.3) is 0 Å². The third kappa shape index (κ3) is 4.68. The minimum absolute atomic E-state index is 0.0362. The Morgan fingerprint density at radius 3 is 2.37 bits per heavy atom. The summed E-state index contributed by atoms with van der Waals surface area (Å²) < 4.78 is 32.8. The van der Waals surface area contributed by atoms with Gasteiger partial charge in [-0.25, -0.2) is 13.1 Å². The van der Waals surface area contributed by atoms with Crippen LogP contribution >= 0.6 is 0 Å². The van der Waals surface area contributed by atoms with E-state index in [0.717, 1.165) is 51.9 Å². The number of amides is 1. The molecule has 1 unspecified atom stereocenters. The summed E-state index contributed by atoms with van der Waals surface area (Å²) in [6.45, 7) is 4.89. The Morgan fingerprint density at radius 1 is 1.07 bits per heavy atom. The third-order valence-electron chi connectivity index (χ3n) is 5.46. The number of ether oxygens (including phenoxy) is 1. The van der Waals surface area contributed by atoms with Crippen molar-refractivity contribution in [2.45, 2.75) is 42.7 Å². The summed E-state index contributed by atoms with van der Waals surface area (Å²) in [5.41, 5.74) is 0.535. The lowest BCUT2D eigenvalue weighted by molar-refractivity contribution is 0.0432. The lowest BCUT2D eigenvalue weighted by Crippen LogP contribution is -2.50. The Labute approximate surface area is 160 Å². The first-order valence-corrected chi connectivity index (χ1v) is 11.3. The fraction of sp³-hybridized carbons (Fsp3) is 0.632. The lowest BCUT2D eigenvalue weighted by atomic mass is 10.1. The summed E-state index contributed by atoms with van der Waals surface area (Å²) in [7, 11) is -3.48. The van der Waals surface area contributed by atoms with Gasteiger partial charge >= 0.3 is 0 Å². The first kappa shape index (κ1) is 18.9. The summed E-state index contributed by atoms with van der Waals surface area (Å²) in [5.74, 6) is -0.0362. The molecule has 2 saturated heterocycles. The molecule has 2 heterocycles. The van der Waals surface area contributed by atoms with Gasteiger partial charge in [-0.15, -0.1) is 0 Å². The second-order valence-electron chi connectivity index (χ2n) is 7.65. The number of carbonyl (C=O) groups is 1. The van der Waals surface area contributed by atoms with Crippen molar-refractivity contribution in [2.24, 2.45) is 0 Å². The number of hydrogen-bond acceptors (Lipinski definition) is 5. The Morgan fingerprint density at radius 2 is 1.78 bits per heavy atom. The van der Waals surface area contributed by atoms with Gasteiger partial charge in [0.25, 0.3) is 5.91 Å². The second kappa shape index (κ2) is 7.87. The number of benzene rings is 1. The number of nitrogens with zero attached hydrogens (tertiary/aromatic N) is 2. The van der Waals surface area contributed by atoms with E-state index in [-0.39, 0.29) is 16.8 Å². The minimum atomic E-state index is -3.48. The van der Waals surface area contributed by atoms with E-state index in [1.165, 1.54) is 12.1 Å². The van der Waals surface area contributed by atoms with Crippen LogP contribution in [-0.2, 0) is 14.8 Å². The Bertz CT molecular complexity index is 763. The molecule has 8 heteroatoms. The van der Waals surface area contributed by atoms with Crippen LogP contribution < -0.4 is 4.72 Å². The number of rotatable bonds is 6. The van der Waals surface area contributed by atoms with E-state index < -0.39 is 10.0 Å². The highest BCUT2D eigenvalue weighted by Gasteiger charge is 2.29. The average molecular weight is 394 g/mol. The summed E-state index contributed by atoms with van der Waals surface area (Å²) >= 11 is 0. The summed E-state index contributed by atoms with van der Waals surface area (Å²) in [4.78, 5) is 17.1. The zero-order chi connectivity index (χ0) is 18.9. The highest BCUT2D eigenvalue weighted by molar-refractivity contribution is 7.89. The van der Waals surface area contributed by atoms with Crippen molar-refractivity contribution in [3.05, 3.63) is 29.8 Å². The van der Waals surface area contributed by atoms with E-state index in [0.29, 0.717) is 24.8 Å². The number of hydrogen-bond donors (Lipinski definition) is 1. The molecule has 2 aliphatic heterocycles. The van der Waals surface area contributed by atoms with Gasteiger partial charge in [-0.3, -0.25) is 9.69 Å². The molecule has 0 spiro atoms. The van der Waals surface area contributed by atoms with E-state index in [1.807, 2.05) is 4.90 Å². The molecule has 1 atom stereocenters. The molecule has 1 aromatic rings. The molecular weight excluding hydrogens is 366 g/mol. The van der Waals surface area contributed by atoms with Crippen LogP contribution in [0, 0.1) is 0 Å². The molecule has 7 nitrogen and oxygen atoms in total. The smallest absolute Gasteiger partial charge is 0.253 e. The predicted molar refractivity (Wildman–Crippen MR) is 101 cm³/mol. The van der Waals surface area contributed by atoms with Crippen molar-refractivity contribution in [2.75, 3.05) is 39.3 Å².